The molecule has 14 heteroatoms. The van der Waals surface area contributed by atoms with Crippen molar-refractivity contribution >= 4 is 36.1 Å². The van der Waals surface area contributed by atoms with Crippen molar-refractivity contribution in [2.75, 3.05) is 26.2 Å². The molecule has 2 aliphatic rings. The summed E-state index contributed by atoms with van der Waals surface area (Å²) in [5.41, 5.74) is -1.39. The minimum Gasteiger partial charge on any atom is -0.481 e. The number of amides is 2. The molecule has 4 unspecified atom stereocenters. The summed E-state index contributed by atoms with van der Waals surface area (Å²) in [5.74, 6) is -9.21. The SMILES string of the molecule is CC(C)(C)OC(=O)N1CC(C(=O)O)C(C(=O)O)C1.CC(C)(C)OC(=O)N1CC(C(=O)O)C(C(=O)O)C1. The molecule has 2 aliphatic heterocycles. The highest BCUT2D eigenvalue weighted by molar-refractivity contribution is 5.84. The number of carbonyl (C=O) groups excluding carboxylic acids is 2. The fourth-order valence-corrected chi connectivity index (χ4v) is 3.56. The molecule has 2 rings (SSSR count). The standard InChI is InChI=1S/2C11H17NO6/c2*1-11(2,3)18-10(17)12-4-6(8(13)14)7(5-12)9(15)16/h2*6-7H,4-5H2,1-3H3,(H,13,14)(H,15,16). The number of hydrogen-bond donors (Lipinski definition) is 4. The summed E-state index contributed by atoms with van der Waals surface area (Å²) in [6.45, 7) is 9.56. The van der Waals surface area contributed by atoms with E-state index >= 15 is 0 Å². The summed E-state index contributed by atoms with van der Waals surface area (Å²) in [4.78, 5) is 69.4. The van der Waals surface area contributed by atoms with Crippen LogP contribution in [-0.2, 0) is 28.7 Å². The molecule has 2 amide bonds. The maximum absolute atomic E-state index is 11.7. The van der Waals surface area contributed by atoms with Gasteiger partial charge in [0.05, 0.1) is 23.7 Å². The molecule has 4 atom stereocenters. The van der Waals surface area contributed by atoms with Crippen LogP contribution in [0.15, 0.2) is 0 Å². The number of carboxylic acid groups (broad SMARTS) is 4. The van der Waals surface area contributed by atoms with Crippen molar-refractivity contribution in [1.29, 1.82) is 0 Å². The largest absolute Gasteiger partial charge is 0.481 e. The molecule has 204 valence electrons. The molecule has 0 aromatic rings. The first-order chi connectivity index (χ1) is 16.2. The third kappa shape index (κ3) is 8.89. The van der Waals surface area contributed by atoms with Gasteiger partial charge in [-0.3, -0.25) is 19.2 Å². The number of rotatable bonds is 4. The third-order valence-electron chi connectivity index (χ3n) is 5.21. The zero-order valence-corrected chi connectivity index (χ0v) is 21.1. The van der Waals surface area contributed by atoms with Crippen molar-refractivity contribution in [3.05, 3.63) is 0 Å². The highest BCUT2D eigenvalue weighted by Crippen LogP contribution is 2.27. The molecule has 0 aromatic carbocycles. The van der Waals surface area contributed by atoms with Gasteiger partial charge in [0, 0.05) is 26.2 Å². The first kappa shape index (κ1) is 30.5. The van der Waals surface area contributed by atoms with Crippen molar-refractivity contribution < 1.29 is 58.7 Å². The molecule has 0 aliphatic carbocycles. The first-order valence-electron chi connectivity index (χ1n) is 11.1. The molecule has 0 spiro atoms. The van der Waals surface area contributed by atoms with Crippen molar-refractivity contribution in [3.8, 4) is 0 Å². The van der Waals surface area contributed by atoms with E-state index in [1.165, 1.54) is 0 Å². The Labute approximate surface area is 207 Å². The Kier molecular flexibility index (Phi) is 9.67. The summed E-state index contributed by atoms with van der Waals surface area (Å²) in [6.07, 6.45) is -1.37. The fraction of sp³-hybridized carbons (Fsp3) is 0.727. The zero-order valence-electron chi connectivity index (χ0n) is 21.1. The molecular weight excluding hydrogens is 484 g/mol. The van der Waals surface area contributed by atoms with E-state index in [4.69, 9.17) is 29.9 Å². The molecule has 36 heavy (non-hydrogen) atoms. The summed E-state index contributed by atoms with van der Waals surface area (Å²) >= 11 is 0. The van der Waals surface area contributed by atoms with Crippen LogP contribution in [-0.4, -0.2) is 104 Å². The maximum Gasteiger partial charge on any atom is 0.410 e. The Morgan fingerprint density at radius 2 is 0.722 bits per heavy atom. The molecule has 2 saturated heterocycles. The molecule has 0 bridgehead atoms. The molecule has 2 heterocycles. The Balaban J connectivity index is 0.000000360. The van der Waals surface area contributed by atoms with Crippen LogP contribution in [0, 0.1) is 23.7 Å². The summed E-state index contributed by atoms with van der Waals surface area (Å²) in [7, 11) is 0. The van der Waals surface area contributed by atoms with Gasteiger partial charge < -0.3 is 39.7 Å². The lowest BCUT2D eigenvalue weighted by molar-refractivity contribution is -0.151. The number of ether oxygens (including phenoxy) is 2. The second-order valence-corrected chi connectivity index (χ2v) is 10.5. The highest BCUT2D eigenvalue weighted by Gasteiger charge is 2.46. The monoisotopic (exact) mass is 518 g/mol. The molecule has 4 N–H and O–H groups in total. The van der Waals surface area contributed by atoms with Gasteiger partial charge in [0.2, 0.25) is 0 Å². The third-order valence-corrected chi connectivity index (χ3v) is 5.21. The second-order valence-electron chi connectivity index (χ2n) is 10.5. The van der Waals surface area contributed by atoms with Crippen LogP contribution in [0.25, 0.3) is 0 Å². The smallest absolute Gasteiger partial charge is 0.410 e. The van der Waals surface area contributed by atoms with Gasteiger partial charge in [-0.15, -0.1) is 0 Å². The minimum atomic E-state index is -1.21. The van der Waals surface area contributed by atoms with Crippen LogP contribution in [0.4, 0.5) is 9.59 Å². The van der Waals surface area contributed by atoms with E-state index in [1.807, 2.05) is 0 Å². The number of aliphatic carboxylic acids is 4. The number of hydrogen-bond acceptors (Lipinski definition) is 8. The quantitative estimate of drug-likeness (QED) is 0.415. The van der Waals surface area contributed by atoms with Gasteiger partial charge in [0.15, 0.2) is 0 Å². The predicted octanol–water partition coefficient (Wildman–Crippen LogP) is 1.28. The Morgan fingerprint density at radius 3 is 0.861 bits per heavy atom. The lowest BCUT2D eigenvalue weighted by Gasteiger charge is -2.24. The molecular formula is C22H34N2O12. The van der Waals surface area contributed by atoms with E-state index in [1.54, 1.807) is 41.5 Å². The average Bonchev–Trinajstić information content (AvgIpc) is 3.31. The normalized spacial score (nSPS) is 23.8. The Morgan fingerprint density at radius 1 is 0.528 bits per heavy atom. The lowest BCUT2D eigenvalue weighted by Crippen LogP contribution is -2.36. The maximum atomic E-state index is 11.7. The Hall–Kier alpha value is -3.58. The van der Waals surface area contributed by atoms with Crippen LogP contribution in [0.2, 0.25) is 0 Å². The number of carboxylic acids is 4. The van der Waals surface area contributed by atoms with E-state index < -0.39 is 70.9 Å². The number of nitrogens with zero attached hydrogens (tertiary/aromatic N) is 2. The average molecular weight is 519 g/mol. The van der Waals surface area contributed by atoms with E-state index in [9.17, 15) is 28.8 Å². The van der Waals surface area contributed by atoms with E-state index in [0.717, 1.165) is 9.80 Å². The van der Waals surface area contributed by atoms with Gasteiger partial charge in [-0.25, -0.2) is 9.59 Å². The van der Waals surface area contributed by atoms with Crippen LogP contribution >= 0.6 is 0 Å². The van der Waals surface area contributed by atoms with Crippen LogP contribution < -0.4 is 0 Å². The van der Waals surface area contributed by atoms with E-state index in [2.05, 4.69) is 0 Å². The van der Waals surface area contributed by atoms with Gasteiger partial charge >= 0.3 is 36.1 Å². The Bertz CT molecular complexity index is 772. The van der Waals surface area contributed by atoms with Crippen molar-refractivity contribution in [1.82, 2.24) is 9.80 Å². The van der Waals surface area contributed by atoms with Crippen LogP contribution in [0.5, 0.6) is 0 Å². The fourth-order valence-electron chi connectivity index (χ4n) is 3.56. The first-order valence-corrected chi connectivity index (χ1v) is 11.1. The van der Waals surface area contributed by atoms with Crippen LogP contribution in [0.1, 0.15) is 41.5 Å². The summed E-state index contributed by atoms with van der Waals surface area (Å²) in [5, 5.41) is 35.7. The second kappa shape index (κ2) is 11.4. The van der Waals surface area contributed by atoms with Gasteiger partial charge in [-0.05, 0) is 41.5 Å². The minimum absolute atomic E-state index is 0.138. The van der Waals surface area contributed by atoms with Gasteiger partial charge in [-0.2, -0.15) is 0 Å². The highest BCUT2D eigenvalue weighted by atomic mass is 16.6. The molecule has 2 fully saturated rings. The molecule has 0 aromatic heterocycles. The predicted molar refractivity (Wildman–Crippen MR) is 120 cm³/mol. The van der Waals surface area contributed by atoms with Crippen molar-refractivity contribution in [2.24, 2.45) is 23.7 Å². The zero-order chi connectivity index (χ0) is 28.2. The van der Waals surface area contributed by atoms with Crippen molar-refractivity contribution in [2.45, 2.75) is 52.7 Å². The lowest BCUT2D eigenvalue weighted by atomic mass is 9.97. The molecule has 14 nitrogen and oxygen atoms in total. The summed E-state index contributed by atoms with van der Waals surface area (Å²) in [6, 6.07) is 0. The van der Waals surface area contributed by atoms with E-state index in [0.29, 0.717) is 0 Å². The number of likely N-dealkylation sites (tertiary alicyclic amines) is 2. The number of carbonyl (C=O) groups is 6. The molecule has 0 radical (unpaired) electrons. The topological polar surface area (TPSA) is 208 Å². The van der Waals surface area contributed by atoms with Gasteiger partial charge in [0.1, 0.15) is 11.2 Å². The van der Waals surface area contributed by atoms with Gasteiger partial charge in [0.25, 0.3) is 0 Å². The molecule has 0 saturated carbocycles. The van der Waals surface area contributed by atoms with Crippen LogP contribution in [0.3, 0.4) is 0 Å². The van der Waals surface area contributed by atoms with E-state index in [-0.39, 0.29) is 26.2 Å². The summed E-state index contributed by atoms with van der Waals surface area (Å²) < 4.78 is 10.2. The van der Waals surface area contributed by atoms with Crippen molar-refractivity contribution in [3.63, 3.8) is 0 Å². The van der Waals surface area contributed by atoms with Gasteiger partial charge in [-0.1, -0.05) is 0 Å².